The Hall–Kier alpha value is -1.64. The molecular formula is C21H28N4O2S2. The van der Waals surface area contributed by atoms with Crippen molar-refractivity contribution in [2.75, 3.05) is 52.1 Å². The lowest BCUT2D eigenvalue weighted by atomic mass is 10.1. The van der Waals surface area contributed by atoms with Crippen molar-refractivity contribution in [2.45, 2.75) is 25.8 Å². The number of thiocarbonyl (C=S) groups is 1. The topological polar surface area (TPSA) is 48.4 Å². The maximum Gasteiger partial charge on any atom is 0.256 e. The van der Waals surface area contributed by atoms with Crippen molar-refractivity contribution in [3.63, 3.8) is 0 Å². The summed E-state index contributed by atoms with van der Waals surface area (Å²) >= 11 is 7.25. The fourth-order valence-electron chi connectivity index (χ4n) is 3.99. The number of aliphatic imine (C=N–C) groups is 1. The van der Waals surface area contributed by atoms with Crippen LogP contribution in [0.25, 0.3) is 0 Å². The smallest absolute Gasteiger partial charge is 0.256 e. The Morgan fingerprint density at radius 3 is 2.86 bits per heavy atom. The number of thioether (sulfide) groups is 1. The molecule has 0 aliphatic carbocycles. The Kier molecular flexibility index (Phi) is 6.41. The van der Waals surface area contributed by atoms with Crippen molar-refractivity contribution in [1.29, 1.82) is 0 Å². The summed E-state index contributed by atoms with van der Waals surface area (Å²) < 4.78 is 6.98. The van der Waals surface area contributed by atoms with E-state index in [1.165, 1.54) is 0 Å². The van der Waals surface area contributed by atoms with Crippen LogP contribution in [-0.2, 0) is 0 Å². The molecule has 1 amide bonds. The van der Waals surface area contributed by atoms with Crippen LogP contribution in [0.4, 0.5) is 5.69 Å². The molecule has 1 aromatic carbocycles. The number of carbonyl (C=O) groups excluding carboxylic acids is 1. The minimum atomic E-state index is 0.0859. The van der Waals surface area contributed by atoms with E-state index in [0.29, 0.717) is 17.9 Å². The minimum Gasteiger partial charge on any atom is -0.492 e. The van der Waals surface area contributed by atoms with E-state index >= 15 is 0 Å². The number of likely N-dealkylation sites (N-methyl/N-ethyl adjacent to an activating group) is 1. The lowest BCUT2D eigenvalue weighted by Gasteiger charge is -2.33. The summed E-state index contributed by atoms with van der Waals surface area (Å²) in [6, 6.07) is 3.96. The van der Waals surface area contributed by atoms with Crippen LogP contribution in [0.1, 0.15) is 28.8 Å². The van der Waals surface area contributed by atoms with Gasteiger partial charge in [0.25, 0.3) is 5.91 Å². The predicted octanol–water partition coefficient (Wildman–Crippen LogP) is 2.96. The van der Waals surface area contributed by atoms with Crippen LogP contribution in [-0.4, -0.2) is 89.3 Å². The molecule has 3 aliphatic heterocycles. The zero-order valence-corrected chi connectivity index (χ0v) is 18.7. The van der Waals surface area contributed by atoms with Crippen molar-refractivity contribution in [3.8, 4) is 5.75 Å². The van der Waals surface area contributed by atoms with Gasteiger partial charge < -0.3 is 19.4 Å². The highest BCUT2D eigenvalue weighted by molar-refractivity contribution is 8.22. The fourth-order valence-corrected chi connectivity index (χ4v) is 5.13. The number of rotatable bonds is 4. The zero-order valence-electron chi connectivity index (χ0n) is 17.1. The molecule has 0 spiro atoms. The second-order valence-electron chi connectivity index (χ2n) is 7.87. The van der Waals surface area contributed by atoms with Gasteiger partial charge in [-0.3, -0.25) is 9.79 Å². The molecule has 0 bridgehead atoms. The molecule has 0 saturated carbocycles. The molecule has 4 rings (SSSR count). The largest absolute Gasteiger partial charge is 0.492 e. The summed E-state index contributed by atoms with van der Waals surface area (Å²) in [7, 11) is 2.14. The normalized spacial score (nSPS) is 21.7. The highest BCUT2D eigenvalue weighted by Crippen LogP contribution is 2.34. The molecule has 2 saturated heterocycles. The highest BCUT2D eigenvalue weighted by atomic mass is 32.2. The van der Waals surface area contributed by atoms with Crippen LogP contribution in [0.15, 0.2) is 17.1 Å². The molecule has 0 unspecified atom stereocenters. The number of fused-ring (bicyclic) bond motifs is 2. The van der Waals surface area contributed by atoms with Gasteiger partial charge in [0.15, 0.2) is 0 Å². The third-order valence-corrected chi connectivity index (χ3v) is 7.29. The van der Waals surface area contributed by atoms with Crippen molar-refractivity contribution < 1.29 is 9.53 Å². The molecule has 2 fully saturated rings. The molecule has 1 aromatic rings. The molecule has 3 heterocycles. The summed E-state index contributed by atoms with van der Waals surface area (Å²) in [6.07, 6.45) is 3.96. The van der Waals surface area contributed by atoms with E-state index in [1.807, 2.05) is 30.2 Å². The molecule has 156 valence electrons. The number of carbonyl (C=O) groups is 1. The Balaban J connectivity index is 1.34. The van der Waals surface area contributed by atoms with Gasteiger partial charge in [-0.1, -0.05) is 24.0 Å². The summed E-state index contributed by atoms with van der Waals surface area (Å²) in [5.41, 5.74) is 2.36. The van der Waals surface area contributed by atoms with Crippen molar-refractivity contribution in [2.24, 2.45) is 4.99 Å². The second-order valence-corrected chi connectivity index (χ2v) is 9.60. The minimum absolute atomic E-state index is 0.0859. The first-order valence-electron chi connectivity index (χ1n) is 10.3. The van der Waals surface area contributed by atoms with Gasteiger partial charge in [-0.15, -0.1) is 0 Å². The van der Waals surface area contributed by atoms with E-state index in [-0.39, 0.29) is 11.9 Å². The van der Waals surface area contributed by atoms with E-state index in [4.69, 9.17) is 17.0 Å². The van der Waals surface area contributed by atoms with Gasteiger partial charge in [0.05, 0.1) is 23.9 Å². The zero-order chi connectivity index (χ0) is 20.4. The van der Waals surface area contributed by atoms with Gasteiger partial charge in [0.1, 0.15) is 10.1 Å². The predicted molar refractivity (Wildman–Crippen MR) is 123 cm³/mol. The number of aryl methyl sites for hydroxylation is 1. The first-order chi connectivity index (χ1) is 14.0. The third-order valence-electron chi connectivity index (χ3n) is 5.80. The number of hydrogen-bond acceptors (Lipinski definition) is 6. The van der Waals surface area contributed by atoms with E-state index in [2.05, 4.69) is 21.8 Å². The van der Waals surface area contributed by atoms with E-state index in [9.17, 15) is 4.79 Å². The Labute approximate surface area is 182 Å². The fraction of sp³-hybridized carbons (Fsp3) is 0.571. The third kappa shape index (κ3) is 4.59. The van der Waals surface area contributed by atoms with E-state index in [1.54, 1.807) is 11.8 Å². The van der Waals surface area contributed by atoms with Crippen molar-refractivity contribution in [3.05, 3.63) is 23.3 Å². The quantitative estimate of drug-likeness (QED) is 0.539. The summed E-state index contributed by atoms with van der Waals surface area (Å²) in [5, 5.41) is 0. The maximum absolute atomic E-state index is 12.9. The first-order valence-corrected chi connectivity index (χ1v) is 11.6. The average Bonchev–Trinajstić information content (AvgIpc) is 3.15. The summed E-state index contributed by atoms with van der Waals surface area (Å²) in [5.74, 6) is 1.68. The van der Waals surface area contributed by atoms with Gasteiger partial charge in [-0.05, 0) is 38.4 Å². The van der Waals surface area contributed by atoms with Crippen molar-refractivity contribution >= 4 is 46.1 Å². The number of benzene rings is 1. The van der Waals surface area contributed by atoms with Crippen LogP contribution in [0.5, 0.6) is 5.75 Å². The van der Waals surface area contributed by atoms with Crippen LogP contribution in [0, 0.1) is 6.92 Å². The van der Waals surface area contributed by atoms with Crippen LogP contribution >= 0.6 is 24.0 Å². The summed E-state index contributed by atoms with van der Waals surface area (Å²) in [4.78, 5) is 24.0. The number of nitrogens with zero attached hydrogens (tertiary/aromatic N) is 4. The molecular weight excluding hydrogens is 404 g/mol. The van der Waals surface area contributed by atoms with Gasteiger partial charge in [-0.2, -0.15) is 0 Å². The van der Waals surface area contributed by atoms with Gasteiger partial charge in [0, 0.05) is 50.8 Å². The average molecular weight is 433 g/mol. The number of ether oxygens (including phenoxy) is 1. The van der Waals surface area contributed by atoms with Gasteiger partial charge in [0.2, 0.25) is 0 Å². The lowest BCUT2D eigenvalue weighted by molar-refractivity contribution is 0.0775. The SMILES string of the molecule is Cc1cc2c(cc1OCCSC(=S)N1CCN(C)CC1)N=C[C@@H]1CCCN1C2=O. The highest BCUT2D eigenvalue weighted by Gasteiger charge is 2.32. The lowest BCUT2D eigenvalue weighted by Crippen LogP contribution is -2.45. The standard InChI is InChI=1S/C21H28N4O2S2/c1-15-12-17-18(22-14-16-4-3-5-25(16)20(17)26)13-19(15)27-10-11-29-21(28)24-8-6-23(2)7-9-24/h12-14,16H,3-11H2,1-2H3/t16-/m0/s1. The number of hydrogen-bond donors (Lipinski definition) is 0. The molecule has 0 aromatic heterocycles. The molecule has 0 N–H and O–H groups in total. The van der Waals surface area contributed by atoms with Gasteiger partial charge in [-0.25, -0.2) is 0 Å². The van der Waals surface area contributed by atoms with Crippen LogP contribution in [0.3, 0.4) is 0 Å². The Morgan fingerprint density at radius 2 is 2.07 bits per heavy atom. The number of piperazine rings is 1. The molecule has 1 atom stereocenters. The first kappa shape index (κ1) is 20.6. The van der Waals surface area contributed by atoms with Crippen LogP contribution in [0.2, 0.25) is 0 Å². The monoisotopic (exact) mass is 432 g/mol. The molecule has 0 radical (unpaired) electrons. The van der Waals surface area contributed by atoms with E-state index in [0.717, 1.165) is 67.0 Å². The Bertz CT molecular complexity index is 821. The van der Waals surface area contributed by atoms with Crippen molar-refractivity contribution in [1.82, 2.24) is 14.7 Å². The number of amides is 1. The molecule has 3 aliphatic rings. The van der Waals surface area contributed by atoms with E-state index < -0.39 is 0 Å². The molecule has 8 heteroatoms. The second kappa shape index (κ2) is 9.02. The molecule has 29 heavy (non-hydrogen) atoms. The molecule has 6 nitrogen and oxygen atoms in total. The van der Waals surface area contributed by atoms with Gasteiger partial charge >= 0.3 is 0 Å². The summed E-state index contributed by atoms with van der Waals surface area (Å²) in [6.45, 7) is 7.49. The maximum atomic E-state index is 12.9. The Morgan fingerprint density at radius 1 is 1.28 bits per heavy atom. The van der Waals surface area contributed by atoms with Crippen LogP contribution < -0.4 is 4.74 Å².